The lowest BCUT2D eigenvalue weighted by molar-refractivity contribution is -0.124. The molecule has 5 nitrogen and oxygen atoms in total. The Bertz CT molecular complexity index is 966. The van der Waals surface area contributed by atoms with Crippen LogP contribution in [0.1, 0.15) is 67.3 Å². The first-order valence-corrected chi connectivity index (χ1v) is 12.5. The molecule has 2 fully saturated rings. The van der Waals surface area contributed by atoms with Crippen molar-refractivity contribution in [1.82, 2.24) is 9.80 Å². The molecular weight excluding hydrogens is 412 g/mol. The average Bonchev–Trinajstić information content (AvgIpc) is 3.01. The van der Waals surface area contributed by atoms with Crippen molar-refractivity contribution in [1.29, 1.82) is 0 Å². The van der Waals surface area contributed by atoms with E-state index in [1.807, 2.05) is 0 Å². The minimum absolute atomic E-state index is 0.00232. The van der Waals surface area contributed by atoms with Crippen LogP contribution in [0.25, 0.3) is 0 Å². The van der Waals surface area contributed by atoms with Crippen molar-refractivity contribution in [2.45, 2.75) is 70.1 Å². The van der Waals surface area contributed by atoms with Gasteiger partial charge in [0.05, 0.1) is 6.04 Å². The summed E-state index contributed by atoms with van der Waals surface area (Å²) in [5.41, 5.74) is 5.39. The molecule has 2 aliphatic carbocycles. The third-order valence-corrected chi connectivity index (χ3v) is 7.66. The standard InChI is InChI=1S/C28H34N2O3/c1-20(31)26-19-29(17-18-30(26)28(32)33-23-11-3-2-4-12-23)27-24-13-7-5-9-21(24)15-16-22-10-6-8-14-25(22)27/h5-10,13-14,23,26-27H,2-4,11-12,15-19H2,1H3/t26-/m1/s1. The molecule has 0 aromatic heterocycles. The number of carbonyl (C=O) groups is 2. The summed E-state index contributed by atoms with van der Waals surface area (Å²) in [6.07, 6.45) is 7.04. The van der Waals surface area contributed by atoms with E-state index in [9.17, 15) is 9.59 Å². The maximum Gasteiger partial charge on any atom is 0.410 e. The van der Waals surface area contributed by atoms with Gasteiger partial charge in [-0.3, -0.25) is 14.6 Å². The van der Waals surface area contributed by atoms with Gasteiger partial charge in [0.1, 0.15) is 12.1 Å². The van der Waals surface area contributed by atoms with E-state index in [0.717, 1.165) is 45.1 Å². The zero-order valence-corrected chi connectivity index (χ0v) is 19.5. The number of rotatable bonds is 3. The minimum atomic E-state index is -0.475. The predicted octanol–water partition coefficient (Wildman–Crippen LogP) is 4.92. The predicted molar refractivity (Wildman–Crippen MR) is 128 cm³/mol. The molecule has 1 atom stereocenters. The fourth-order valence-corrected chi connectivity index (χ4v) is 5.89. The monoisotopic (exact) mass is 446 g/mol. The summed E-state index contributed by atoms with van der Waals surface area (Å²) in [5.74, 6) is 0.0236. The van der Waals surface area contributed by atoms with Crippen LogP contribution in [-0.2, 0) is 22.4 Å². The van der Waals surface area contributed by atoms with E-state index in [1.165, 1.54) is 28.7 Å². The van der Waals surface area contributed by atoms with Crippen molar-refractivity contribution in [3.63, 3.8) is 0 Å². The van der Waals surface area contributed by atoms with Crippen LogP contribution in [0.5, 0.6) is 0 Å². The molecule has 0 unspecified atom stereocenters. The first-order chi connectivity index (χ1) is 16.1. The molecule has 0 bridgehead atoms. The summed E-state index contributed by atoms with van der Waals surface area (Å²) >= 11 is 0. The molecule has 2 aromatic carbocycles. The number of amides is 1. The summed E-state index contributed by atoms with van der Waals surface area (Å²) in [4.78, 5) is 29.9. The van der Waals surface area contributed by atoms with Gasteiger partial charge in [0, 0.05) is 19.6 Å². The van der Waals surface area contributed by atoms with Crippen molar-refractivity contribution in [3.8, 4) is 0 Å². The number of aryl methyl sites for hydroxylation is 2. The van der Waals surface area contributed by atoms with E-state index >= 15 is 0 Å². The van der Waals surface area contributed by atoms with Gasteiger partial charge < -0.3 is 4.74 Å². The number of benzene rings is 2. The van der Waals surface area contributed by atoms with Crippen molar-refractivity contribution in [2.75, 3.05) is 19.6 Å². The lowest BCUT2D eigenvalue weighted by Gasteiger charge is -2.44. The van der Waals surface area contributed by atoms with Crippen LogP contribution in [0.4, 0.5) is 4.79 Å². The normalized spacial score (nSPS) is 22.2. The third-order valence-electron chi connectivity index (χ3n) is 7.66. The second kappa shape index (κ2) is 9.68. The molecular formula is C28H34N2O3. The molecule has 174 valence electrons. The third kappa shape index (κ3) is 4.56. The molecule has 0 radical (unpaired) electrons. The Hall–Kier alpha value is -2.66. The lowest BCUT2D eigenvalue weighted by Crippen LogP contribution is -2.58. The van der Waals surface area contributed by atoms with E-state index in [1.54, 1.807) is 11.8 Å². The maximum absolute atomic E-state index is 13.0. The van der Waals surface area contributed by atoms with Gasteiger partial charge in [-0.2, -0.15) is 0 Å². The number of nitrogens with zero attached hydrogens (tertiary/aromatic N) is 2. The molecule has 2 aromatic rings. The Morgan fingerprint density at radius 3 is 2.06 bits per heavy atom. The molecule has 1 heterocycles. The number of piperazine rings is 1. The summed E-state index contributed by atoms with van der Waals surface area (Å²) in [6, 6.07) is 17.0. The number of hydrogen-bond donors (Lipinski definition) is 0. The highest BCUT2D eigenvalue weighted by molar-refractivity contribution is 5.86. The van der Waals surface area contributed by atoms with Crippen LogP contribution in [0.15, 0.2) is 48.5 Å². The molecule has 33 heavy (non-hydrogen) atoms. The van der Waals surface area contributed by atoms with E-state index in [2.05, 4.69) is 53.4 Å². The van der Waals surface area contributed by atoms with Crippen LogP contribution < -0.4 is 0 Å². The first-order valence-electron chi connectivity index (χ1n) is 12.5. The number of Topliss-reactive ketones (excluding diaryl/α,β-unsaturated/α-hetero) is 1. The zero-order chi connectivity index (χ0) is 22.8. The highest BCUT2D eigenvalue weighted by atomic mass is 16.6. The molecule has 5 heteroatoms. The fourth-order valence-electron chi connectivity index (χ4n) is 5.89. The van der Waals surface area contributed by atoms with Gasteiger partial charge >= 0.3 is 6.09 Å². The van der Waals surface area contributed by atoms with Crippen molar-refractivity contribution >= 4 is 11.9 Å². The van der Waals surface area contributed by atoms with E-state index in [0.29, 0.717) is 13.1 Å². The molecule has 0 spiro atoms. The summed E-state index contributed by atoms with van der Waals surface area (Å²) in [7, 11) is 0. The van der Waals surface area contributed by atoms with Gasteiger partial charge in [-0.15, -0.1) is 0 Å². The molecule has 3 aliphatic rings. The van der Waals surface area contributed by atoms with Crippen LogP contribution in [-0.4, -0.2) is 53.5 Å². The van der Waals surface area contributed by atoms with Crippen molar-refractivity contribution in [3.05, 3.63) is 70.8 Å². The highest BCUT2D eigenvalue weighted by Gasteiger charge is 2.39. The Labute approximate surface area is 196 Å². The number of fused-ring (bicyclic) bond motifs is 2. The van der Waals surface area contributed by atoms with Gasteiger partial charge in [-0.1, -0.05) is 55.0 Å². The Morgan fingerprint density at radius 2 is 1.45 bits per heavy atom. The molecule has 1 aliphatic heterocycles. The molecule has 1 saturated carbocycles. The van der Waals surface area contributed by atoms with Crippen LogP contribution in [0, 0.1) is 0 Å². The largest absolute Gasteiger partial charge is 0.446 e. The minimum Gasteiger partial charge on any atom is -0.446 e. The molecule has 0 N–H and O–H groups in total. The van der Waals surface area contributed by atoms with Crippen LogP contribution >= 0.6 is 0 Å². The van der Waals surface area contributed by atoms with Crippen molar-refractivity contribution in [2.24, 2.45) is 0 Å². The Kier molecular flexibility index (Phi) is 6.50. The van der Waals surface area contributed by atoms with Crippen LogP contribution in [0.2, 0.25) is 0 Å². The lowest BCUT2D eigenvalue weighted by atomic mass is 9.92. The van der Waals surface area contributed by atoms with E-state index in [4.69, 9.17) is 4.74 Å². The van der Waals surface area contributed by atoms with E-state index in [-0.39, 0.29) is 24.0 Å². The number of ketones is 1. The second-order valence-electron chi connectivity index (χ2n) is 9.76. The smallest absolute Gasteiger partial charge is 0.410 e. The van der Waals surface area contributed by atoms with Crippen LogP contribution in [0.3, 0.4) is 0 Å². The van der Waals surface area contributed by atoms with Gasteiger partial charge in [-0.05, 0) is 67.7 Å². The number of ether oxygens (including phenoxy) is 1. The number of carbonyl (C=O) groups excluding carboxylic acids is 2. The van der Waals surface area contributed by atoms with Crippen molar-refractivity contribution < 1.29 is 14.3 Å². The fraction of sp³-hybridized carbons (Fsp3) is 0.500. The number of hydrogen-bond acceptors (Lipinski definition) is 4. The van der Waals surface area contributed by atoms with Gasteiger partial charge in [-0.25, -0.2) is 4.79 Å². The topological polar surface area (TPSA) is 49.9 Å². The molecule has 1 amide bonds. The van der Waals surface area contributed by atoms with Gasteiger partial charge in [0.25, 0.3) is 0 Å². The molecule has 1 saturated heterocycles. The summed E-state index contributed by atoms with van der Waals surface area (Å²) in [5, 5.41) is 0. The Balaban J connectivity index is 1.41. The quantitative estimate of drug-likeness (QED) is 0.672. The average molecular weight is 447 g/mol. The van der Waals surface area contributed by atoms with Gasteiger partial charge in [0.15, 0.2) is 5.78 Å². The highest BCUT2D eigenvalue weighted by Crippen LogP contribution is 2.38. The maximum atomic E-state index is 13.0. The first kappa shape index (κ1) is 22.1. The summed E-state index contributed by atoms with van der Waals surface area (Å²) in [6.45, 7) is 3.36. The second-order valence-corrected chi connectivity index (χ2v) is 9.76. The molecule has 5 rings (SSSR count). The van der Waals surface area contributed by atoms with E-state index < -0.39 is 6.04 Å². The SMILES string of the molecule is CC(=O)[C@H]1CN(C2c3ccccc3CCc3ccccc32)CCN1C(=O)OC1CCCCC1. The Morgan fingerprint density at radius 1 is 0.848 bits per heavy atom. The summed E-state index contributed by atoms with van der Waals surface area (Å²) < 4.78 is 5.84. The zero-order valence-electron chi connectivity index (χ0n) is 19.5. The van der Waals surface area contributed by atoms with Gasteiger partial charge in [0.2, 0.25) is 0 Å².